The third kappa shape index (κ3) is 4.80. The minimum Gasteiger partial charge on any atom is -0.461 e. The van der Waals surface area contributed by atoms with Crippen molar-refractivity contribution in [2.75, 3.05) is 6.54 Å². The second-order valence-electron chi connectivity index (χ2n) is 5.96. The fourth-order valence-electron chi connectivity index (χ4n) is 2.50. The zero-order chi connectivity index (χ0) is 19.9. The molecular formula is C19H21N5O3S. The minimum atomic E-state index is -0.536. The predicted octanol–water partition coefficient (Wildman–Crippen LogP) is 2.91. The van der Waals surface area contributed by atoms with E-state index in [4.69, 9.17) is 4.42 Å². The van der Waals surface area contributed by atoms with E-state index < -0.39 is 17.2 Å². The fraction of sp³-hybridized carbons (Fsp3) is 0.263. The topological polar surface area (TPSA) is 102 Å². The Morgan fingerprint density at radius 1 is 1.18 bits per heavy atom. The number of hydrogen-bond donors (Lipinski definition) is 2. The molecule has 146 valence electrons. The van der Waals surface area contributed by atoms with Gasteiger partial charge in [-0.3, -0.25) is 14.7 Å². The Kier molecular flexibility index (Phi) is 6.49. The molecule has 0 saturated heterocycles. The van der Waals surface area contributed by atoms with Gasteiger partial charge < -0.3 is 9.73 Å². The lowest BCUT2D eigenvalue weighted by Gasteiger charge is -2.13. The lowest BCUT2D eigenvalue weighted by atomic mass is 10.2. The first-order chi connectivity index (χ1) is 13.6. The summed E-state index contributed by atoms with van der Waals surface area (Å²) in [6, 6.07) is 13.0. The highest BCUT2D eigenvalue weighted by atomic mass is 32.2. The molecule has 2 N–H and O–H groups in total. The maximum absolute atomic E-state index is 12.3. The molecule has 0 fully saturated rings. The van der Waals surface area contributed by atoms with E-state index >= 15 is 0 Å². The van der Waals surface area contributed by atoms with Gasteiger partial charge in [0.25, 0.3) is 0 Å². The van der Waals surface area contributed by atoms with Gasteiger partial charge in [-0.2, -0.15) is 0 Å². The number of aromatic nitrogens is 3. The van der Waals surface area contributed by atoms with Crippen molar-refractivity contribution in [2.45, 2.75) is 30.8 Å². The van der Waals surface area contributed by atoms with Crippen molar-refractivity contribution in [1.82, 2.24) is 25.4 Å². The molecule has 0 aliphatic heterocycles. The summed E-state index contributed by atoms with van der Waals surface area (Å²) >= 11 is 1.23. The largest absolute Gasteiger partial charge is 0.461 e. The van der Waals surface area contributed by atoms with E-state index in [0.29, 0.717) is 29.8 Å². The van der Waals surface area contributed by atoms with Gasteiger partial charge >= 0.3 is 6.03 Å². The first kappa shape index (κ1) is 19.7. The molecule has 0 bridgehead atoms. The number of imide groups is 1. The number of hydrogen-bond acceptors (Lipinski definition) is 6. The second kappa shape index (κ2) is 9.23. The average molecular weight is 399 g/mol. The van der Waals surface area contributed by atoms with E-state index in [1.165, 1.54) is 11.8 Å². The van der Waals surface area contributed by atoms with Crippen molar-refractivity contribution in [1.29, 1.82) is 0 Å². The molecule has 28 heavy (non-hydrogen) atoms. The summed E-state index contributed by atoms with van der Waals surface area (Å²) in [5.74, 6) is 0.771. The minimum absolute atomic E-state index is 0.398. The van der Waals surface area contributed by atoms with Crippen LogP contribution in [0.5, 0.6) is 0 Å². The maximum atomic E-state index is 12.3. The Labute approximate surface area is 166 Å². The summed E-state index contributed by atoms with van der Waals surface area (Å²) < 4.78 is 7.38. The summed E-state index contributed by atoms with van der Waals surface area (Å²) in [7, 11) is 0. The predicted molar refractivity (Wildman–Crippen MR) is 106 cm³/mol. The van der Waals surface area contributed by atoms with Gasteiger partial charge in [-0.05, 0) is 31.5 Å². The number of nitrogens with zero attached hydrogens (tertiary/aromatic N) is 3. The molecule has 1 atom stereocenters. The van der Waals surface area contributed by atoms with E-state index in [-0.39, 0.29) is 0 Å². The van der Waals surface area contributed by atoms with Crippen LogP contribution in [0, 0.1) is 0 Å². The average Bonchev–Trinajstić information content (AvgIpc) is 3.33. The third-order valence-electron chi connectivity index (χ3n) is 3.87. The zero-order valence-electron chi connectivity index (χ0n) is 15.6. The summed E-state index contributed by atoms with van der Waals surface area (Å²) in [5, 5.41) is 13.4. The highest BCUT2D eigenvalue weighted by Crippen LogP contribution is 2.28. The molecule has 2 heterocycles. The fourth-order valence-corrected chi connectivity index (χ4v) is 3.35. The SMILES string of the molecule is CCNC(=O)NC(=O)[C@H](C)Sc1nnc(-c2ccco2)n1Cc1ccccc1. The summed E-state index contributed by atoms with van der Waals surface area (Å²) in [4.78, 5) is 23.8. The van der Waals surface area contributed by atoms with E-state index in [1.54, 1.807) is 26.2 Å². The van der Waals surface area contributed by atoms with Crippen LogP contribution in [0.15, 0.2) is 58.3 Å². The molecule has 9 heteroatoms. The van der Waals surface area contributed by atoms with E-state index in [2.05, 4.69) is 20.8 Å². The summed E-state index contributed by atoms with van der Waals surface area (Å²) in [6.07, 6.45) is 1.58. The third-order valence-corrected chi connectivity index (χ3v) is 4.95. The van der Waals surface area contributed by atoms with Crippen LogP contribution in [-0.4, -0.2) is 38.5 Å². The number of carbonyl (C=O) groups excluding carboxylic acids is 2. The highest BCUT2D eigenvalue weighted by molar-refractivity contribution is 8.00. The van der Waals surface area contributed by atoms with Gasteiger partial charge in [-0.1, -0.05) is 42.1 Å². The highest BCUT2D eigenvalue weighted by Gasteiger charge is 2.23. The first-order valence-corrected chi connectivity index (χ1v) is 9.72. The molecule has 1 aromatic carbocycles. The van der Waals surface area contributed by atoms with Gasteiger partial charge in [0.1, 0.15) is 0 Å². The Balaban J connectivity index is 1.82. The Morgan fingerprint density at radius 2 is 1.96 bits per heavy atom. The maximum Gasteiger partial charge on any atom is 0.321 e. The Bertz CT molecular complexity index is 924. The number of carbonyl (C=O) groups is 2. The van der Waals surface area contributed by atoms with Crippen molar-refractivity contribution in [3.63, 3.8) is 0 Å². The van der Waals surface area contributed by atoms with Crippen molar-refractivity contribution in [2.24, 2.45) is 0 Å². The number of rotatable bonds is 7. The number of thioether (sulfide) groups is 1. The zero-order valence-corrected chi connectivity index (χ0v) is 16.4. The molecule has 0 radical (unpaired) electrons. The molecular weight excluding hydrogens is 378 g/mol. The van der Waals surface area contributed by atoms with Crippen LogP contribution >= 0.6 is 11.8 Å². The van der Waals surface area contributed by atoms with Gasteiger partial charge in [0.15, 0.2) is 10.9 Å². The van der Waals surface area contributed by atoms with Crippen molar-refractivity contribution < 1.29 is 14.0 Å². The van der Waals surface area contributed by atoms with Crippen molar-refractivity contribution >= 4 is 23.7 Å². The summed E-state index contributed by atoms with van der Waals surface area (Å²) in [5.41, 5.74) is 1.07. The standard InChI is InChI=1S/C19H21N5O3S/c1-3-20-18(26)21-17(25)13(2)28-19-23-22-16(15-10-7-11-27-15)24(19)12-14-8-5-4-6-9-14/h4-11,13H,3,12H2,1-2H3,(H2,20,21,25,26)/t13-/m0/s1. The van der Waals surface area contributed by atoms with Crippen molar-refractivity contribution in [3.8, 4) is 11.6 Å². The van der Waals surface area contributed by atoms with E-state index in [1.807, 2.05) is 41.0 Å². The number of furan rings is 1. The quantitative estimate of drug-likeness (QED) is 0.592. The second-order valence-corrected chi connectivity index (χ2v) is 7.27. The lowest BCUT2D eigenvalue weighted by molar-refractivity contribution is -0.119. The van der Waals surface area contributed by atoms with Crippen LogP contribution in [0.2, 0.25) is 0 Å². The van der Waals surface area contributed by atoms with Crippen LogP contribution in [0.25, 0.3) is 11.6 Å². The first-order valence-electron chi connectivity index (χ1n) is 8.84. The van der Waals surface area contributed by atoms with Gasteiger partial charge in [-0.25, -0.2) is 4.79 Å². The van der Waals surface area contributed by atoms with Crippen LogP contribution < -0.4 is 10.6 Å². The molecule has 8 nitrogen and oxygen atoms in total. The molecule has 0 spiro atoms. The van der Waals surface area contributed by atoms with Gasteiger partial charge in [-0.15, -0.1) is 10.2 Å². The molecule has 0 aliphatic carbocycles. The van der Waals surface area contributed by atoms with E-state index in [9.17, 15) is 9.59 Å². The van der Waals surface area contributed by atoms with Gasteiger partial charge in [0.2, 0.25) is 11.7 Å². The monoisotopic (exact) mass is 399 g/mol. The normalized spacial score (nSPS) is 11.8. The van der Waals surface area contributed by atoms with Crippen LogP contribution in [-0.2, 0) is 11.3 Å². The molecule has 3 amide bonds. The number of urea groups is 1. The molecule has 0 saturated carbocycles. The number of benzene rings is 1. The van der Waals surface area contributed by atoms with Gasteiger partial charge in [0, 0.05) is 6.54 Å². The molecule has 0 aliphatic rings. The molecule has 2 aromatic heterocycles. The van der Waals surface area contributed by atoms with Gasteiger partial charge in [0.05, 0.1) is 18.1 Å². The van der Waals surface area contributed by atoms with Crippen molar-refractivity contribution in [3.05, 3.63) is 54.3 Å². The van der Waals surface area contributed by atoms with Crippen LogP contribution in [0.3, 0.4) is 0 Å². The van der Waals surface area contributed by atoms with Crippen LogP contribution in [0.1, 0.15) is 19.4 Å². The lowest BCUT2D eigenvalue weighted by Crippen LogP contribution is -2.42. The summed E-state index contributed by atoms with van der Waals surface area (Å²) in [6.45, 7) is 4.47. The Hall–Kier alpha value is -3.07. The molecule has 3 rings (SSSR count). The molecule has 3 aromatic rings. The smallest absolute Gasteiger partial charge is 0.321 e. The van der Waals surface area contributed by atoms with Crippen LogP contribution in [0.4, 0.5) is 4.79 Å². The number of amides is 3. The Morgan fingerprint density at radius 3 is 2.64 bits per heavy atom. The number of nitrogens with one attached hydrogen (secondary N) is 2. The van der Waals surface area contributed by atoms with E-state index in [0.717, 1.165) is 5.56 Å². The molecule has 0 unspecified atom stereocenters.